The van der Waals surface area contributed by atoms with Crippen molar-refractivity contribution in [1.29, 1.82) is 0 Å². The minimum atomic E-state index is -0.933. The van der Waals surface area contributed by atoms with Crippen molar-refractivity contribution in [1.82, 2.24) is 4.90 Å². The van der Waals surface area contributed by atoms with Gasteiger partial charge in [0.25, 0.3) is 0 Å². The van der Waals surface area contributed by atoms with Crippen LogP contribution < -0.4 is 0 Å². The Hall–Kier alpha value is -2.18. The summed E-state index contributed by atoms with van der Waals surface area (Å²) >= 11 is 0. The number of carbonyl (C=O) groups is 4. The molecule has 0 N–H and O–H groups in total. The SMILES string of the molecule is CCC(OC(=O)C=CC(=O)OC)N1C(=O)CCC1=O. The first kappa shape index (κ1) is 14.9. The molecule has 0 aromatic heterocycles. The zero-order chi connectivity index (χ0) is 14.4. The first-order chi connectivity index (χ1) is 8.99. The largest absolute Gasteiger partial charge is 0.466 e. The molecular weight excluding hydrogens is 254 g/mol. The Kier molecular flexibility index (Phi) is 5.23. The molecule has 0 aromatic carbocycles. The number of rotatable bonds is 5. The molecule has 0 radical (unpaired) electrons. The van der Waals surface area contributed by atoms with E-state index >= 15 is 0 Å². The average molecular weight is 269 g/mol. The third kappa shape index (κ3) is 3.90. The molecule has 2 amide bonds. The van der Waals surface area contributed by atoms with Crippen LogP contribution in [0.25, 0.3) is 0 Å². The number of esters is 2. The Labute approximate surface area is 110 Å². The Balaban J connectivity index is 2.64. The highest BCUT2D eigenvalue weighted by Crippen LogP contribution is 2.18. The molecule has 0 aliphatic carbocycles. The lowest BCUT2D eigenvalue weighted by Crippen LogP contribution is -2.41. The van der Waals surface area contributed by atoms with Crippen molar-refractivity contribution in [3.63, 3.8) is 0 Å². The van der Waals surface area contributed by atoms with Crippen LogP contribution in [0.2, 0.25) is 0 Å². The Bertz CT molecular complexity index is 412. The monoisotopic (exact) mass is 269 g/mol. The smallest absolute Gasteiger partial charge is 0.332 e. The molecule has 1 saturated heterocycles. The van der Waals surface area contributed by atoms with Crippen LogP contribution in [0.3, 0.4) is 0 Å². The predicted octanol–water partition coefficient (Wildman–Crippen LogP) is 0.144. The van der Waals surface area contributed by atoms with Crippen molar-refractivity contribution < 1.29 is 28.7 Å². The van der Waals surface area contributed by atoms with Gasteiger partial charge in [0.1, 0.15) is 0 Å². The number of amides is 2. The van der Waals surface area contributed by atoms with Crippen molar-refractivity contribution >= 4 is 23.8 Å². The molecule has 1 heterocycles. The summed E-state index contributed by atoms with van der Waals surface area (Å²) in [6.07, 6.45) is 1.41. The molecule has 104 valence electrons. The van der Waals surface area contributed by atoms with Gasteiger partial charge in [0.2, 0.25) is 11.8 Å². The average Bonchev–Trinajstić information content (AvgIpc) is 2.73. The second-order valence-corrected chi connectivity index (χ2v) is 3.81. The standard InChI is InChI=1S/C12H15NO6/c1-3-10(13-8(14)4-5-9(13)15)19-12(17)7-6-11(16)18-2/h6-7,10H,3-5H2,1-2H3. The minimum absolute atomic E-state index is 0.130. The molecule has 0 saturated carbocycles. The number of hydrogen-bond acceptors (Lipinski definition) is 6. The molecule has 1 aliphatic rings. The highest BCUT2D eigenvalue weighted by molar-refractivity contribution is 6.02. The van der Waals surface area contributed by atoms with E-state index in [1.54, 1.807) is 6.92 Å². The fourth-order valence-corrected chi connectivity index (χ4v) is 1.61. The Morgan fingerprint density at radius 2 is 1.74 bits per heavy atom. The van der Waals surface area contributed by atoms with Crippen molar-refractivity contribution in [3.8, 4) is 0 Å². The maximum absolute atomic E-state index is 11.5. The van der Waals surface area contributed by atoms with Gasteiger partial charge in [0, 0.05) is 31.4 Å². The maximum Gasteiger partial charge on any atom is 0.332 e. The van der Waals surface area contributed by atoms with Gasteiger partial charge in [-0.05, 0) is 0 Å². The number of carbonyl (C=O) groups excluding carboxylic acids is 4. The summed E-state index contributed by atoms with van der Waals surface area (Å²) in [6.45, 7) is 1.68. The lowest BCUT2D eigenvalue weighted by Gasteiger charge is -2.24. The molecule has 1 unspecified atom stereocenters. The van der Waals surface area contributed by atoms with Gasteiger partial charge in [0.05, 0.1) is 7.11 Å². The second-order valence-electron chi connectivity index (χ2n) is 3.81. The van der Waals surface area contributed by atoms with Gasteiger partial charge >= 0.3 is 11.9 Å². The van der Waals surface area contributed by atoms with E-state index < -0.39 is 18.2 Å². The molecule has 1 rings (SSSR count). The summed E-state index contributed by atoms with van der Waals surface area (Å²) in [5.74, 6) is -2.23. The van der Waals surface area contributed by atoms with Crippen molar-refractivity contribution in [2.45, 2.75) is 32.4 Å². The first-order valence-corrected chi connectivity index (χ1v) is 5.81. The van der Waals surface area contributed by atoms with Crippen LogP contribution in [0.4, 0.5) is 0 Å². The molecular formula is C12H15NO6. The second kappa shape index (κ2) is 6.67. The minimum Gasteiger partial charge on any atom is -0.466 e. The van der Waals surface area contributed by atoms with E-state index in [1.165, 1.54) is 7.11 Å². The number of nitrogens with zero attached hydrogens (tertiary/aromatic N) is 1. The van der Waals surface area contributed by atoms with Gasteiger partial charge in [-0.25, -0.2) is 14.5 Å². The molecule has 7 heteroatoms. The molecule has 0 aromatic rings. The van der Waals surface area contributed by atoms with Gasteiger partial charge < -0.3 is 9.47 Å². The maximum atomic E-state index is 11.5. The van der Waals surface area contributed by atoms with Crippen LogP contribution in [-0.2, 0) is 28.7 Å². The van der Waals surface area contributed by atoms with Gasteiger partial charge in [0.15, 0.2) is 6.23 Å². The van der Waals surface area contributed by atoms with Crippen LogP contribution in [0.15, 0.2) is 12.2 Å². The number of methoxy groups -OCH3 is 1. The highest BCUT2D eigenvalue weighted by atomic mass is 16.6. The van der Waals surface area contributed by atoms with Crippen LogP contribution in [-0.4, -0.2) is 42.0 Å². The molecule has 0 spiro atoms. The van der Waals surface area contributed by atoms with Crippen LogP contribution >= 0.6 is 0 Å². The first-order valence-electron chi connectivity index (χ1n) is 5.81. The zero-order valence-electron chi connectivity index (χ0n) is 10.8. The predicted molar refractivity (Wildman–Crippen MR) is 62.4 cm³/mol. The van der Waals surface area contributed by atoms with E-state index in [2.05, 4.69) is 4.74 Å². The lowest BCUT2D eigenvalue weighted by molar-refractivity contribution is -0.164. The van der Waals surface area contributed by atoms with Gasteiger partial charge in [-0.2, -0.15) is 0 Å². The quantitative estimate of drug-likeness (QED) is 0.401. The summed E-state index contributed by atoms with van der Waals surface area (Å²) < 4.78 is 9.28. The van der Waals surface area contributed by atoms with E-state index in [0.717, 1.165) is 17.1 Å². The third-order valence-electron chi connectivity index (χ3n) is 2.54. The van der Waals surface area contributed by atoms with Crippen LogP contribution in [0.1, 0.15) is 26.2 Å². The normalized spacial score (nSPS) is 16.8. The third-order valence-corrected chi connectivity index (χ3v) is 2.54. The van der Waals surface area contributed by atoms with Crippen LogP contribution in [0, 0.1) is 0 Å². The summed E-state index contributed by atoms with van der Waals surface area (Å²) in [5, 5.41) is 0. The summed E-state index contributed by atoms with van der Waals surface area (Å²) in [5.41, 5.74) is 0. The molecule has 7 nitrogen and oxygen atoms in total. The fraction of sp³-hybridized carbons (Fsp3) is 0.500. The van der Waals surface area contributed by atoms with E-state index in [-0.39, 0.29) is 31.1 Å². The molecule has 1 aliphatic heterocycles. The van der Waals surface area contributed by atoms with E-state index in [1.807, 2.05) is 0 Å². The molecule has 1 atom stereocenters. The van der Waals surface area contributed by atoms with E-state index in [9.17, 15) is 19.2 Å². The van der Waals surface area contributed by atoms with Gasteiger partial charge in [-0.1, -0.05) is 6.92 Å². The van der Waals surface area contributed by atoms with Crippen molar-refractivity contribution in [3.05, 3.63) is 12.2 Å². The van der Waals surface area contributed by atoms with Crippen molar-refractivity contribution in [2.75, 3.05) is 7.11 Å². The Morgan fingerprint density at radius 3 is 2.21 bits per heavy atom. The number of imide groups is 1. The van der Waals surface area contributed by atoms with E-state index in [4.69, 9.17) is 4.74 Å². The zero-order valence-corrected chi connectivity index (χ0v) is 10.8. The highest BCUT2D eigenvalue weighted by Gasteiger charge is 2.35. The topological polar surface area (TPSA) is 90.0 Å². The summed E-state index contributed by atoms with van der Waals surface area (Å²) in [7, 11) is 1.18. The lowest BCUT2D eigenvalue weighted by atomic mass is 10.3. The van der Waals surface area contributed by atoms with Gasteiger partial charge in [-0.15, -0.1) is 0 Å². The molecule has 0 bridgehead atoms. The number of likely N-dealkylation sites (tertiary alicyclic amines) is 1. The molecule has 1 fully saturated rings. The van der Waals surface area contributed by atoms with Crippen molar-refractivity contribution in [2.24, 2.45) is 0 Å². The summed E-state index contributed by atoms with van der Waals surface area (Å²) in [6, 6.07) is 0. The van der Waals surface area contributed by atoms with Gasteiger partial charge in [-0.3, -0.25) is 9.59 Å². The summed E-state index contributed by atoms with van der Waals surface area (Å²) in [4.78, 5) is 46.2. The molecule has 19 heavy (non-hydrogen) atoms. The Morgan fingerprint density at radius 1 is 1.21 bits per heavy atom. The van der Waals surface area contributed by atoms with Crippen LogP contribution in [0.5, 0.6) is 0 Å². The van der Waals surface area contributed by atoms with E-state index in [0.29, 0.717) is 0 Å². The fourth-order valence-electron chi connectivity index (χ4n) is 1.61. The number of hydrogen-bond donors (Lipinski definition) is 0. The number of ether oxygens (including phenoxy) is 2.